The van der Waals surface area contributed by atoms with Gasteiger partial charge in [0.25, 0.3) is 5.91 Å². The van der Waals surface area contributed by atoms with E-state index in [2.05, 4.69) is 10.3 Å². The fourth-order valence-corrected chi connectivity index (χ4v) is 2.49. The van der Waals surface area contributed by atoms with Crippen molar-refractivity contribution in [3.05, 3.63) is 64.2 Å². The lowest BCUT2D eigenvalue weighted by atomic mass is 9.99. The third kappa shape index (κ3) is 3.13. The number of rotatable bonds is 1. The molecule has 1 aliphatic rings. The van der Waals surface area contributed by atoms with Crippen molar-refractivity contribution in [2.75, 3.05) is 5.32 Å². The number of carbonyl (C=O) groups excluding carboxylic acids is 1. The average Bonchev–Trinajstić information content (AvgIpc) is 2.64. The zero-order chi connectivity index (χ0) is 17.5. The highest BCUT2D eigenvalue weighted by molar-refractivity contribution is 6.32. The number of carbonyl (C=O) groups is 1. The molecule has 2 N–H and O–H groups in total. The van der Waals surface area contributed by atoms with Crippen LogP contribution in [0.4, 0.5) is 18.9 Å². The molecule has 4 nitrogen and oxygen atoms in total. The molecular weight excluding hydrogens is 345 g/mol. The second-order valence-electron chi connectivity index (χ2n) is 5.11. The second-order valence-corrected chi connectivity index (χ2v) is 5.54. The van der Waals surface area contributed by atoms with Gasteiger partial charge in [-0.05, 0) is 30.3 Å². The average molecular weight is 355 g/mol. The fourth-order valence-electron chi connectivity index (χ4n) is 2.32. The summed E-state index contributed by atoms with van der Waals surface area (Å²) in [7, 11) is 0. The van der Waals surface area contributed by atoms with E-state index in [-0.39, 0.29) is 5.71 Å². The van der Waals surface area contributed by atoms with Crippen molar-refractivity contribution in [1.29, 1.82) is 0 Å². The topological polar surface area (TPSA) is 61.7 Å². The Morgan fingerprint density at radius 3 is 2.42 bits per heavy atom. The summed E-state index contributed by atoms with van der Waals surface area (Å²) in [6, 6.07) is 8.88. The first-order chi connectivity index (χ1) is 11.3. The van der Waals surface area contributed by atoms with Gasteiger partial charge in [-0.2, -0.15) is 13.2 Å². The maximum atomic E-state index is 12.7. The SMILES string of the molecule is O=C1Nc2ccc(Cl)cc2C(c2ccc(C(F)(F)F)cc2)=NC1O. The van der Waals surface area contributed by atoms with E-state index < -0.39 is 23.9 Å². The van der Waals surface area contributed by atoms with Crippen LogP contribution in [0.5, 0.6) is 0 Å². The minimum absolute atomic E-state index is 0.173. The van der Waals surface area contributed by atoms with Crippen LogP contribution in [0.1, 0.15) is 16.7 Å². The third-order valence-corrected chi connectivity index (χ3v) is 3.70. The molecule has 1 amide bonds. The molecule has 0 bridgehead atoms. The smallest absolute Gasteiger partial charge is 0.364 e. The fraction of sp³-hybridized carbons (Fsp3) is 0.125. The summed E-state index contributed by atoms with van der Waals surface area (Å²) in [4.78, 5) is 15.7. The van der Waals surface area contributed by atoms with Crippen LogP contribution in [0.15, 0.2) is 47.5 Å². The van der Waals surface area contributed by atoms with Crippen molar-refractivity contribution >= 4 is 28.9 Å². The standard InChI is InChI=1S/C16H10ClF3N2O2/c17-10-5-6-12-11(7-10)13(22-15(24)14(23)21-12)8-1-3-9(4-2-8)16(18,19)20/h1-7,15,24H,(H,21,23). The van der Waals surface area contributed by atoms with Crippen LogP contribution in [0.3, 0.4) is 0 Å². The van der Waals surface area contributed by atoms with Crippen molar-refractivity contribution in [2.45, 2.75) is 12.4 Å². The van der Waals surface area contributed by atoms with Crippen LogP contribution in [0, 0.1) is 0 Å². The molecule has 1 atom stereocenters. The van der Waals surface area contributed by atoms with Crippen molar-refractivity contribution in [2.24, 2.45) is 4.99 Å². The summed E-state index contributed by atoms with van der Waals surface area (Å²) in [5, 5.41) is 12.7. The first-order valence-corrected chi connectivity index (χ1v) is 7.18. The largest absolute Gasteiger partial charge is 0.416 e. The number of alkyl halides is 3. The lowest BCUT2D eigenvalue weighted by Crippen LogP contribution is -2.24. The van der Waals surface area contributed by atoms with Crippen molar-refractivity contribution in [3.63, 3.8) is 0 Å². The number of fused-ring (bicyclic) bond motifs is 1. The Kier molecular flexibility index (Phi) is 4.06. The molecule has 24 heavy (non-hydrogen) atoms. The van der Waals surface area contributed by atoms with Gasteiger partial charge >= 0.3 is 6.18 Å². The van der Waals surface area contributed by atoms with E-state index in [1.54, 1.807) is 6.07 Å². The molecule has 1 aliphatic heterocycles. The van der Waals surface area contributed by atoms with E-state index in [0.29, 0.717) is 21.8 Å². The first-order valence-electron chi connectivity index (χ1n) is 6.80. The number of halogens is 4. The number of benzodiazepines with no additional fused rings is 1. The lowest BCUT2D eigenvalue weighted by molar-refractivity contribution is -0.137. The van der Waals surface area contributed by atoms with E-state index >= 15 is 0 Å². The zero-order valence-corrected chi connectivity index (χ0v) is 12.7. The molecule has 0 saturated heterocycles. The van der Waals surface area contributed by atoms with Crippen LogP contribution >= 0.6 is 11.6 Å². The van der Waals surface area contributed by atoms with Crippen LogP contribution in [0.2, 0.25) is 5.02 Å². The molecule has 1 unspecified atom stereocenters. The summed E-state index contributed by atoms with van der Waals surface area (Å²) < 4.78 is 38.1. The predicted octanol–water partition coefficient (Wildman–Crippen LogP) is 3.47. The Balaban J connectivity index is 2.13. The van der Waals surface area contributed by atoms with Gasteiger partial charge < -0.3 is 10.4 Å². The molecule has 3 rings (SSSR count). The summed E-state index contributed by atoms with van der Waals surface area (Å²) in [6.45, 7) is 0. The number of amides is 1. The van der Waals surface area contributed by atoms with Gasteiger partial charge in [0.2, 0.25) is 6.23 Å². The number of hydrogen-bond acceptors (Lipinski definition) is 3. The molecular formula is C16H10ClF3N2O2. The van der Waals surface area contributed by atoms with Gasteiger partial charge in [-0.25, -0.2) is 4.99 Å². The van der Waals surface area contributed by atoms with E-state index in [1.165, 1.54) is 24.3 Å². The number of anilines is 1. The van der Waals surface area contributed by atoms with Gasteiger partial charge in [-0.3, -0.25) is 4.79 Å². The molecule has 0 aromatic heterocycles. The maximum Gasteiger partial charge on any atom is 0.416 e. The number of nitrogens with one attached hydrogen (secondary N) is 1. The van der Waals surface area contributed by atoms with Gasteiger partial charge in [0, 0.05) is 16.1 Å². The Labute approximate surface area is 139 Å². The quantitative estimate of drug-likeness (QED) is 0.823. The van der Waals surface area contributed by atoms with Gasteiger partial charge in [-0.1, -0.05) is 23.7 Å². The molecule has 0 fully saturated rings. The third-order valence-electron chi connectivity index (χ3n) is 3.47. The highest BCUT2D eigenvalue weighted by Gasteiger charge is 2.30. The number of aliphatic imine (C=N–C) groups is 1. The number of aliphatic hydroxyl groups excluding tert-OH is 1. The summed E-state index contributed by atoms with van der Waals surface area (Å²) >= 11 is 5.96. The monoisotopic (exact) mass is 354 g/mol. The molecule has 0 saturated carbocycles. The first kappa shape index (κ1) is 16.5. The highest BCUT2D eigenvalue weighted by Crippen LogP contribution is 2.31. The van der Waals surface area contributed by atoms with Crippen molar-refractivity contribution in [3.8, 4) is 0 Å². The molecule has 124 valence electrons. The van der Waals surface area contributed by atoms with E-state index in [4.69, 9.17) is 11.6 Å². The van der Waals surface area contributed by atoms with E-state index in [0.717, 1.165) is 12.1 Å². The summed E-state index contributed by atoms with van der Waals surface area (Å²) in [5.74, 6) is -0.736. The number of nitrogens with zero attached hydrogens (tertiary/aromatic N) is 1. The highest BCUT2D eigenvalue weighted by atomic mass is 35.5. The maximum absolute atomic E-state index is 12.7. The normalized spacial score (nSPS) is 17.6. The number of benzene rings is 2. The Morgan fingerprint density at radius 1 is 1.12 bits per heavy atom. The molecule has 0 spiro atoms. The molecule has 1 heterocycles. The van der Waals surface area contributed by atoms with E-state index in [1.807, 2.05) is 0 Å². The zero-order valence-electron chi connectivity index (χ0n) is 11.9. The van der Waals surface area contributed by atoms with Crippen molar-refractivity contribution < 1.29 is 23.1 Å². The number of aliphatic hydroxyl groups is 1. The van der Waals surface area contributed by atoms with Crippen LogP contribution in [-0.4, -0.2) is 23.0 Å². The molecule has 0 aliphatic carbocycles. The minimum Gasteiger partial charge on any atom is -0.364 e. The van der Waals surface area contributed by atoms with E-state index in [9.17, 15) is 23.1 Å². The summed E-state index contributed by atoms with van der Waals surface area (Å²) in [5.41, 5.74) is 0.461. The number of hydrogen-bond donors (Lipinski definition) is 2. The van der Waals surface area contributed by atoms with Gasteiger partial charge in [0.05, 0.1) is 17.0 Å². The predicted molar refractivity (Wildman–Crippen MR) is 83.2 cm³/mol. The van der Waals surface area contributed by atoms with Crippen molar-refractivity contribution in [1.82, 2.24) is 0 Å². The Bertz CT molecular complexity index is 832. The molecule has 2 aromatic carbocycles. The molecule has 8 heteroatoms. The summed E-state index contributed by atoms with van der Waals surface area (Å²) in [6.07, 6.45) is -6.13. The van der Waals surface area contributed by atoms with Gasteiger partial charge in [-0.15, -0.1) is 0 Å². The van der Waals surface area contributed by atoms with Gasteiger partial charge in [0.1, 0.15) is 0 Å². The lowest BCUT2D eigenvalue weighted by Gasteiger charge is -2.12. The Morgan fingerprint density at radius 2 is 1.79 bits per heavy atom. The van der Waals surface area contributed by atoms with Crippen LogP contribution in [0.25, 0.3) is 0 Å². The molecule has 0 radical (unpaired) electrons. The van der Waals surface area contributed by atoms with Crippen LogP contribution in [-0.2, 0) is 11.0 Å². The second kappa shape index (κ2) is 5.92. The van der Waals surface area contributed by atoms with Gasteiger partial charge in [0.15, 0.2) is 0 Å². The Hall–Kier alpha value is -2.38. The van der Waals surface area contributed by atoms with Crippen LogP contribution < -0.4 is 5.32 Å². The molecule has 2 aromatic rings. The minimum atomic E-state index is -4.46.